The van der Waals surface area contributed by atoms with E-state index in [1.165, 1.54) is 0 Å². The predicted octanol–water partition coefficient (Wildman–Crippen LogP) is 0.827. The zero-order valence-electron chi connectivity index (χ0n) is 5.55. The molecule has 0 saturated carbocycles. The maximum absolute atomic E-state index is 3.98. The summed E-state index contributed by atoms with van der Waals surface area (Å²) in [5.41, 5.74) is 0.945. The van der Waals surface area contributed by atoms with Crippen LogP contribution in [0.25, 0.3) is 0 Å². The molecular formula is C6H9N3. The normalized spacial score (nSPS) is 9.11. The molecule has 0 saturated heterocycles. The van der Waals surface area contributed by atoms with E-state index in [2.05, 4.69) is 15.3 Å². The smallest absolute Gasteiger partial charge is 0.125 e. The monoisotopic (exact) mass is 123 g/mol. The molecule has 0 unspecified atom stereocenters. The van der Waals surface area contributed by atoms with Gasteiger partial charge in [-0.25, -0.2) is 9.97 Å². The van der Waals surface area contributed by atoms with E-state index < -0.39 is 0 Å². The lowest BCUT2D eigenvalue weighted by Crippen LogP contribution is -1.91. The third-order valence-electron chi connectivity index (χ3n) is 1.07. The number of aryl methyl sites for hydroxylation is 1. The first kappa shape index (κ1) is 6.01. The fourth-order valence-corrected chi connectivity index (χ4v) is 0.522. The van der Waals surface area contributed by atoms with E-state index in [9.17, 15) is 0 Å². The number of nitrogens with one attached hydrogen (secondary N) is 1. The van der Waals surface area contributed by atoms with Crippen LogP contribution >= 0.6 is 0 Å². The van der Waals surface area contributed by atoms with Gasteiger partial charge in [-0.3, -0.25) is 0 Å². The van der Waals surface area contributed by atoms with Crippen molar-refractivity contribution in [3.05, 3.63) is 18.2 Å². The summed E-state index contributed by atoms with van der Waals surface area (Å²) in [5, 5.41) is 2.93. The number of hydrogen-bond acceptors (Lipinski definition) is 3. The summed E-state index contributed by atoms with van der Waals surface area (Å²) in [6.45, 7) is 1.86. The Balaban J connectivity index is 2.88. The van der Waals surface area contributed by atoms with Gasteiger partial charge < -0.3 is 5.32 Å². The molecule has 1 heterocycles. The highest BCUT2D eigenvalue weighted by Gasteiger charge is 1.86. The van der Waals surface area contributed by atoms with Crippen LogP contribution in [-0.2, 0) is 0 Å². The molecule has 0 aliphatic heterocycles. The van der Waals surface area contributed by atoms with Gasteiger partial charge in [0, 0.05) is 7.05 Å². The van der Waals surface area contributed by atoms with Crippen LogP contribution in [0, 0.1) is 6.92 Å². The van der Waals surface area contributed by atoms with E-state index in [1.54, 1.807) is 12.4 Å². The maximum Gasteiger partial charge on any atom is 0.125 e. The van der Waals surface area contributed by atoms with Crippen LogP contribution in [0.4, 0.5) is 5.69 Å². The Hall–Kier alpha value is -1.12. The van der Waals surface area contributed by atoms with Crippen LogP contribution in [-0.4, -0.2) is 17.0 Å². The van der Waals surface area contributed by atoms with Crippen molar-refractivity contribution >= 4 is 5.69 Å². The van der Waals surface area contributed by atoms with Gasteiger partial charge in [0.05, 0.1) is 18.1 Å². The minimum atomic E-state index is 0.800. The number of rotatable bonds is 1. The Bertz CT molecular complexity index is 180. The SMILES string of the molecule is CNc1cnc(C)nc1. The standard InChI is InChI=1S/C6H9N3/c1-5-8-3-6(7-2)4-9-5/h3-4,7H,1-2H3. The van der Waals surface area contributed by atoms with E-state index in [0.717, 1.165) is 11.5 Å². The van der Waals surface area contributed by atoms with E-state index in [4.69, 9.17) is 0 Å². The van der Waals surface area contributed by atoms with E-state index in [1.807, 2.05) is 14.0 Å². The fourth-order valence-electron chi connectivity index (χ4n) is 0.522. The molecule has 1 aromatic rings. The van der Waals surface area contributed by atoms with Crippen LogP contribution in [0.1, 0.15) is 5.82 Å². The molecule has 3 heteroatoms. The minimum absolute atomic E-state index is 0.800. The molecule has 0 aliphatic carbocycles. The summed E-state index contributed by atoms with van der Waals surface area (Å²) in [7, 11) is 1.84. The van der Waals surface area contributed by atoms with E-state index in [-0.39, 0.29) is 0 Å². The quantitative estimate of drug-likeness (QED) is 0.601. The Morgan fingerprint density at radius 2 is 1.89 bits per heavy atom. The molecule has 0 aromatic carbocycles. The van der Waals surface area contributed by atoms with Gasteiger partial charge in [0.25, 0.3) is 0 Å². The van der Waals surface area contributed by atoms with Gasteiger partial charge in [0.1, 0.15) is 5.82 Å². The molecule has 0 amide bonds. The first-order valence-electron chi connectivity index (χ1n) is 2.79. The summed E-state index contributed by atoms with van der Waals surface area (Å²) in [5.74, 6) is 0.800. The minimum Gasteiger partial charge on any atom is -0.386 e. The Morgan fingerprint density at radius 3 is 2.33 bits per heavy atom. The third-order valence-corrected chi connectivity index (χ3v) is 1.07. The summed E-state index contributed by atoms with van der Waals surface area (Å²) in [6, 6.07) is 0. The molecule has 48 valence electrons. The van der Waals surface area contributed by atoms with Gasteiger partial charge >= 0.3 is 0 Å². The lowest BCUT2D eigenvalue weighted by Gasteiger charge is -1.95. The van der Waals surface area contributed by atoms with Crippen LogP contribution in [0.2, 0.25) is 0 Å². The van der Waals surface area contributed by atoms with Crippen molar-refractivity contribution in [2.45, 2.75) is 6.92 Å². The number of anilines is 1. The topological polar surface area (TPSA) is 37.8 Å². The number of hydrogen-bond donors (Lipinski definition) is 1. The molecular weight excluding hydrogens is 114 g/mol. The number of aromatic nitrogens is 2. The Morgan fingerprint density at radius 1 is 1.33 bits per heavy atom. The third kappa shape index (κ3) is 1.38. The average Bonchev–Trinajstić information content (AvgIpc) is 1.90. The predicted molar refractivity (Wildman–Crippen MR) is 36.3 cm³/mol. The molecule has 3 nitrogen and oxygen atoms in total. The van der Waals surface area contributed by atoms with Crippen LogP contribution in [0.3, 0.4) is 0 Å². The zero-order chi connectivity index (χ0) is 6.69. The van der Waals surface area contributed by atoms with Gasteiger partial charge in [-0.15, -0.1) is 0 Å². The highest BCUT2D eigenvalue weighted by Crippen LogP contribution is 1.98. The molecule has 1 N–H and O–H groups in total. The molecule has 1 aromatic heterocycles. The first-order chi connectivity index (χ1) is 4.33. The van der Waals surface area contributed by atoms with Crippen molar-refractivity contribution in [2.75, 3.05) is 12.4 Å². The van der Waals surface area contributed by atoms with Gasteiger partial charge in [0.2, 0.25) is 0 Å². The fraction of sp³-hybridized carbons (Fsp3) is 0.333. The van der Waals surface area contributed by atoms with Crippen LogP contribution < -0.4 is 5.32 Å². The van der Waals surface area contributed by atoms with Crippen LogP contribution in [0.5, 0.6) is 0 Å². The van der Waals surface area contributed by atoms with E-state index >= 15 is 0 Å². The average molecular weight is 123 g/mol. The molecule has 9 heavy (non-hydrogen) atoms. The second kappa shape index (κ2) is 2.44. The van der Waals surface area contributed by atoms with Crippen molar-refractivity contribution < 1.29 is 0 Å². The molecule has 0 bridgehead atoms. The summed E-state index contributed by atoms with van der Waals surface area (Å²) in [4.78, 5) is 7.95. The van der Waals surface area contributed by atoms with Crippen molar-refractivity contribution in [3.63, 3.8) is 0 Å². The number of nitrogens with zero attached hydrogens (tertiary/aromatic N) is 2. The van der Waals surface area contributed by atoms with Crippen molar-refractivity contribution in [2.24, 2.45) is 0 Å². The second-order valence-corrected chi connectivity index (χ2v) is 1.77. The largest absolute Gasteiger partial charge is 0.386 e. The van der Waals surface area contributed by atoms with Gasteiger partial charge in [-0.05, 0) is 6.92 Å². The molecule has 0 aliphatic rings. The van der Waals surface area contributed by atoms with Crippen molar-refractivity contribution in [1.29, 1.82) is 0 Å². The molecule has 0 fully saturated rings. The van der Waals surface area contributed by atoms with Gasteiger partial charge in [-0.2, -0.15) is 0 Å². The van der Waals surface area contributed by atoms with E-state index in [0.29, 0.717) is 0 Å². The maximum atomic E-state index is 3.98. The molecule has 0 radical (unpaired) electrons. The summed E-state index contributed by atoms with van der Waals surface area (Å²) >= 11 is 0. The summed E-state index contributed by atoms with van der Waals surface area (Å²) < 4.78 is 0. The Labute approximate surface area is 54.2 Å². The lowest BCUT2D eigenvalue weighted by molar-refractivity contribution is 1.05. The highest BCUT2D eigenvalue weighted by atomic mass is 14.9. The van der Waals surface area contributed by atoms with Crippen molar-refractivity contribution in [3.8, 4) is 0 Å². The second-order valence-electron chi connectivity index (χ2n) is 1.77. The molecule has 1 rings (SSSR count). The van der Waals surface area contributed by atoms with Crippen molar-refractivity contribution in [1.82, 2.24) is 9.97 Å². The zero-order valence-corrected chi connectivity index (χ0v) is 5.55. The lowest BCUT2D eigenvalue weighted by atomic mass is 10.5. The molecule has 0 atom stereocenters. The van der Waals surface area contributed by atoms with Crippen LogP contribution in [0.15, 0.2) is 12.4 Å². The highest BCUT2D eigenvalue weighted by molar-refractivity contribution is 5.36. The van der Waals surface area contributed by atoms with Gasteiger partial charge in [0.15, 0.2) is 0 Å². The Kier molecular flexibility index (Phi) is 1.63. The summed E-state index contributed by atoms with van der Waals surface area (Å²) in [6.07, 6.45) is 3.50. The molecule has 0 spiro atoms. The van der Waals surface area contributed by atoms with Gasteiger partial charge in [-0.1, -0.05) is 0 Å². The first-order valence-corrected chi connectivity index (χ1v) is 2.79.